The molecule has 5 heteroatoms. The SMILES string of the molecule is Cc1nc(C2CSc3ccccc3O2)sc1C(C)N. The van der Waals surface area contributed by atoms with Crippen molar-refractivity contribution < 1.29 is 4.74 Å². The molecule has 3 rings (SSSR count). The standard InChI is InChI=1S/C14H16N2OS2/c1-8(15)13-9(2)16-14(19-13)11-7-18-12-6-4-3-5-10(12)17-11/h3-6,8,11H,7,15H2,1-2H3. The molecular formula is C14H16N2OS2. The fraction of sp³-hybridized carbons (Fsp3) is 0.357. The highest BCUT2D eigenvalue weighted by Crippen LogP contribution is 2.41. The predicted octanol–water partition coefficient (Wildman–Crippen LogP) is 3.70. The molecule has 2 atom stereocenters. The minimum atomic E-state index is 0.0368. The number of rotatable bonds is 2. The number of hydrogen-bond acceptors (Lipinski definition) is 5. The van der Waals surface area contributed by atoms with E-state index in [4.69, 9.17) is 10.5 Å². The van der Waals surface area contributed by atoms with Gasteiger partial charge in [0, 0.05) is 21.6 Å². The molecule has 0 amide bonds. The first-order valence-corrected chi connectivity index (χ1v) is 8.06. The van der Waals surface area contributed by atoms with Gasteiger partial charge in [0.25, 0.3) is 0 Å². The van der Waals surface area contributed by atoms with Crippen LogP contribution in [-0.2, 0) is 0 Å². The van der Waals surface area contributed by atoms with Crippen LogP contribution in [0.5, 0.6) is 5.75 Å². The summed E-state index contributed by atoms with van der Waals surface area (Å²) in [6.07, 6.45) is 0.0381. The lowest BCUT2D eigenvalue weighted by molar-refractivity contribution is 0.220. The molecule has 0 aliphatic carbocycles. The van der Waals surface area contributed by atoms with Crippen LogP contribution in [0.1, 0.15) is 34.6 Å². The lowest BCUT2D eigenvalue weighted by Crippen LogP contribution is -2.14. The Morgan fingerprint density at radius 1 is 1.42 bits per heavy atom. The van der Waals surface area contributed by atoms with Crippen LogP contribution in [0.25, 0.3) is 0 Å². The van der Waals surface area contributed by atoms with Crippen LogP contribution in [0.3, 0.4) is 0 Å². The van der Waals surface area contributed by atoms with E-state index in [0.717, 1.165) is 27.1 Å². The first-order chi connectivity index (χ1) is 9.15. The summed E-state index contributed by atoms with van der Waals surface area (Å²) in [7, 11) is 0. The number of aromatic nitrogens is 1. The number of aryl methyl sites for hydroxylation is 1. The average molecular weight is 292 g/mol. The van der Waals surface area contributed by atoms with Gasteiger partial charge in [-0.2, -0.15) is 0 Å². The smallest absolute Gasteiger partial charge is 0.159 e. The summed E-state index contributed by atoms with van der Waals surface area (Å²) in [6, 6.07) is 8.19. The van der Waals surface area contributed by atoms with Crippen molar-refractivity contribution in [2.45, 2.75) is 30.9 Å². The van der Waals surface area contributed by atoms with Gasteiger partial charge in [-0.05, 0) is 26.0 Å². The van der Waals surface area contributed by atoms with Crippen LogP contribution in [0.4, 0.5) is 0 Å². The zero-order valence-corrected chi connectivity index (χ0v) is 12.6. The minimum Gasteiger partial charge on any atom is -0.481 e. The number of ether oxygens (including phenoxy) is 1. The highest BCUT2D eigenvalue weighted by atomic mass is 32.2. The van der Waals surface area contributed by atoms with Gasteiger partial charge < -0.3 is 10.5 Å². The largest absolute Gasteiger partial charge is 0.481 e. The number of thioether (sulfide) groups is 1. The van der Waals surface area contributed by atoms with E-state index >= 15 is 0 Å². The van der Waals surface area contributed by atoms with Gasteiger partial charge in [-0.3, -0.25) is 0 Å². The second-order valence-electron chi connectivity index (χ2n) is 4.65. The number of fused-ring (bicyclic) bond motifs is 1. The number of benzene rings is 1. The van der Waals surface area contributed by atoms with Gasteiger partial charge in [-0.25, -0.2) is 4.98 Å². The van der Waals surface area contributed by atoms with Crippen molar-refractivity contribution >= 4 is 23.1 Å². The molecule has 0 saturated heterocycles. The summed E-state index contributed by atoms with van der Waals surface area (Å²) in [6.45, 7) is 4.01. The topological polar surface area (TPSA) is 48.1 Å². The lowest BCUT2D eigenvalue weighted by atomic mass is 10.2. The molecule has 0 saturated carbocycles. The molecule has 0 spiro atoms. The van der Waals surface area contributed by atoms with Crippen LogP contribution in [0.2, 0.25) is 0 Å². The normalized spacial score (nSPS) is 19.6. The highest BCUT2D eigenvalue weighted by molar-refractivity contribution is 7.99. The Labute approximate surface area is 121 Å². The Hall–Kier alpha value is -1.04. The van der Waals surface area contributed by atoms with Crippen LogP contribution >= 0.6 is 23.1 Å². The van der Waals surface area contributed by atoms with E-state index in [1.807, 2.05) is 43.8 Å². The van der Waals surface area contributed by atoms with Gasteiger partial charge in [0.15, 0.2) is 6.10 Å². The Morgan fingerprint density at radius 3 is 2.95 bits per heavy atom. The summed E-state index contributed by atoms with van der Waals surface area (Å²) in [5.41, 5.74) is 6.99. The Morgan fingerprint density at radius 2 is 2.21 bits per heavy atom. The zero-order chi connectivity index (χ0) is 13.4. The monoisotopic (exact) mass is 292 g/mol. The fourth-order valence-electron chi connectivity index (χ4n) is 2.13. The summed E-state index contributed by atoms with van der Waals surface area (Å²) < 4.78 is 6.05. The van der Waals surface area contributed by atoms with E-state index in [9.17, 15) is 0 Å². The second kappa shape index (κ2) is 5.15. The zero-order valence-electron chi connectivity index (χ0n) is 10.9. The Kier molecular flexibility index (Phi) is 3.52. The van der Waals surface area contributed by atoms with E-state index in [0.29, 0.717) is 0 Å². The van der Waals surface area contributed by atoms with Crippen molar-refractivity contribution in [3.63, 3.8) is 0 Å². The van der Waals surface area contributed by atoms with Crippen molar-refractivity contribution in [2.75, 3.05) is 5.75 Å². The Balaban J connectivity index is 1.87. The number of hydrogen-bond donors (Lipinski definition) is 1. The highest BCUT2D eigenvalue weighted by Gasteiger charge is 2.25. The van der Waals surface area contributed by atoms with Crippen molar-refractivity contribution in [1.29, 1.82) is 0 Å². The van der Waals surface area contributed by atoms with Crippen molar-refractivity contribution in [1.82, 2.24) is 4.98 Å². The lowest BCUT2D eigenvalue weighted by Gasteiger charge is -2.23. The third-order valence-corrected chi connectivity index (χ3v) is 5.61. The summed E-state index contributed by atoms with van der Waals surface area (Å²) >= 11 is 3.50. The van der Waals surface area contributed by atoms with Gasteiger partial charge in [0.1, 0.15) is 10.8 Å². The maximum atomic E-state index is 6.05. The molecule has 3 nitrogen and oxygen atoms in total. The second-order valence-corrected chi connectivity index (χ2v) is 6.78. The number of nitrogens with zero attached hydrogens (tertiary/aromatic N) is 1. The minimum absolute atomic E-state index is 0.0368. The Bertz CT molecular complexity index is 595. The van der Waals surface area contributed by atoms with Crippen molar-refractivity contribution in [3.05, 3.63) is 39.8 Å². The van der Waals surface area contributed by atoms with E-state index in [1.165, 1.54) is 4.90 Å². The molecule has 1 aliphatic heterocycles. The quantitative estimate of drug-likeness (QED) is 0.917. The average Bonchev–Trinajstić information content (AvgIpc) is 2.80. The molecule has 1 aliphatic rings. The van der Waals surface area contributed by atoms with Crippen LogP contribution in [0, 0.1) is 6.92 Å². The summed E-state index contributed by atoms with van der Waals surface area (Å²) in [4.78, 5) is 6.99. The third-order valence-electron chi connectivity index (χ3n) is 3.05. The van der Waals surface area contributed by atoms with Gasteiger partial charge in [0.2, 0.25) is 0 Å². The van der Waals surface area contributed by atoms with Gasteiger partial charge in [0.05, 0.1) is 5.69 Å². The van der Waals surface area contributed by atoms with Crippen molar-refractivity contribution in [2.24, 2.45) is 5.73 Å². The molecule has 2 unspecified atom stereocenters. The van der Waals surface area contributed by atoms with Gasteiger partial charge in [-0.1, -0.05) is 12.1 Å². The third kappa shape index (κ3) is 2.50. The van der Waals surface area contributed by atoms with Crippen molar-refractivity contribution in [3.8, 4) is 5.75 Å². The maximum Gasteiger partial charge on any atom is 0.159 e. The molecule has 0 fully saturated rings. The molecule has 0 bridgehead atoms. The summed E-state index contributed by atoms with van der Waals surface area (Å²) in [5, 5.41) is 1.03. The van der Waals surface area contributed by atoms with E-state index in [-0.39, 0.29) is 12.1 Å². The first-order valence-electron chi connectivity index (χ1n) is 6.26. The molecule has 2 N–H and O–H groups in total. The molecule has 1 aromatic heterocycles. The van der Waals surface area contributed by atoms with E-state index in [1.54, 1.807) is 11.3 Å². The van der Waals surface area contributed by atoms with Crippen LogP contribution in [-0.4, -0.2) is 10.7 Å². The van der Waals surface area contributed by atoms with E-state index in [2.05, 4.69) is 11.1 Å². The molecular weight excluding hydrogens is 276 g/mol. The first kappa shape index (κ1) is 13.0. The van der Waals surface area contributed by atoms with Gasteiger partial charge >= 0.3 is 0 Å². The fourth-order valence-corrected chi connectivity index (χ4v) is 4.28. The summed E-state index contributed by atoms with van der Waals surface area (Å²) in [5.74, 6) is 1.86. The molecule has 19 heavy (non-hydrogen) atoms. The van der Waals surface area contributed by atoms with Crippen LogP contribution in [0.15, 0.2) is 29.2 Å². The number of para-hydroxylation sites is 1. The maximum absolute atomic E-state index is 6.05. The molecule has 0 radical (unpaired) electrons. The number of nitrogens with two attached hydrogens (primary N) is 1. The molecule has 1 aromatic carbocycles. The van der Waals surface area contributed by atoms with Crippen LogP contribution < -0.4 is 10.5 Å². The van der Waals surface area contributed by atoms with E-state index < -0.39 is 0 Å². The van der Waals surface area contributed by atoms with Gasteiger partial charge in [-0.15, -0.1) is 23.1 Å². The number of thiazole rings is 1. The molecule has 2 heterocycles. The predicted molar refractivity (Wildman–Crippen MR) is 80.0 cm³/mol. The molecule has 2 aromatic rings. The molecule has 100 valence electrons.